The minimum absolute atomic E-state index is 0.0123. The van der Waals surface area contributed by atoms with Crippen molar-refractivity contribution in [1.29, 1.82) is 0 Å². The molecule has 0 spiro atoms. The van der Waals surface area contributed by atoms with Gasteiger partial charge in [0.05, 0.1) is 12.1 Å². The molecular weight excluding hydrogens is 309 g/mol. The maximum atomic E-state index is 13.7. The van der Waals surface area contributed by atoms with Crippen LogP contribution in [0.15, 0.2) is 52.9 Å². The second-order valence-electron chi connectivity index (χ2n) is 5.51. The molecule has 2 aromatic carbocycles. The Labute approximate surface area is 138 Å². The number of hydrogen-bond donors (Lipinski definition) is 0. The Kier molecular flexibility index (Phi) is 4.37. The van der Waals surface area contributed by atoms with Crippen molar-refractivity contribution in [2.75, 3.05) is 7.05 Å². The zero-order valence-corrected chi connectivity index (χ0v) is 13.4. The zero-order valence-electron chi connectivity index (χ0n) is 13.4. The number of rotatable bonds is 4. The minimum atomic E-state index is -0.555. The van der Waals surface area contributed by atoms with Crippen molar-refractivity contribution in [2.45, 2.75) is 13.5 Å². The van der Waals surface area contributed by atoms with Gasteiger partial charge in [0.1, 0.15) is 5.82 Å². The monoisotopic (exact) mass is 325 g/mol. The normalized spacial score (nSPS) is 10.6. The SMILES string of the molecule is Cc1ccc(-c2nnc(CN(C)C(=O)c3ccccc3F)o2)cc1. The standard InChI is InChI=1S/C18H16FN3O2/c1-12-7-9-13(10-8-12)17-21-20-16(24-17)11-22(2)18(23)14-5-3-4-6-15(14)19/h3-10H,11H2,1-2H3. The first-order valence-electron chi connectivity index (χ1n) is 7.44. The van der Waals surface area contributed by atoms with Gasteiger partial charge in [-0.1, -0.05) is 29.8 Å². The third-order valence-electron chi connectivity index (χ3n) is 3.59. The molecule has 0 fully saturated rings. The van der Waals surface area contributed by atoms with Crippen LogP contribution >= 0.6 is 0 Å². The molecule has 1 aromatic heterocycles. The molecule has 0 saturated heterocycles. The number of aryl methyl sites for hydroxylation is 1. The second kappa shape index (κ2) is 6.62. The lowest BCUT2D eigenvalue weighted by Gasteiger charge is -2.15. The van der Waals surface area contributed by atoms with Crippen molar-refractivity contribution in [1.82, 2.24) is 15.1 Å². The van der Waals surface area contributed by atoms with Crippen LogP contribution in [0.5, 0.6) is 0 Å². The second-order valence-corrected chi connectivity index (χ2v) is 5.51. The van der Waals surface area contributed by atoms with Gasteiger partial charge in [-0.3, -0.25) is 4.79 Å². The fourth-order valence-electron chi connectivity index (χ4n) is 2.25. The highest BCUT2D eigenvalue weighted by Gasteiger charge is 2.18. The molecule has 0 bridgehead atoms. The fraction of sp³-hybridized carbons (Fsp3) is 0.167. The van der Waals surface area contributed by atoms with Crippen LogP contribution in [0, 0.1) is 12.7 Å². The number of benzene rings is 2. The van der Waals surface area contributed by atoms with Crippen molar-refractivity contribution in [2.24, 2.45) is 0 Å². The molecule has 122 valence electrons. The average Bonchev–Trinajstić information content (AvgIpc) is 3.04. The number of aromatic nitrogens is 2. The van der Waals surface area contributed by atoms with Gasteiger partial charge in [0.25, 0.3) is 5.91 Å². The molecule has 1 heterocycles. The van der Waals surface area contributed by atoms with Crippen molar-refractivity contribution < 1.29 is 13.6 Å². The third-order valence-corrected chi connectivity index (χ3v) is 3.59. The van der Waals surface area contributed by atoms with Gasteiger partial charge in [-0.15, -0.1) is 10.2 Å². The molecule has 6 heteroatoms. The molecule has 5 nitrogen and oxygen atoms in total. The lowest BCUT2D eigenvalue weighted by atomic mass is 10.1. The van der Waals surface area contributed by atoms with Gasteiger partial charge < -0.3 is 9.32 Å². The van der Waals surface area contributed by atoms with E-state index in [2.05, 4.69) is 10.2 Å². The van der Waals surface area contributed by atoms with Gasteiger partial charge in [-0.05, 0) is 31.2 Å². The first kappa shape index (κ1) is 15.9. The molecular formula is C18H16FN3O2. The molecule has 0 aliphatic rings. The highest BCUT2D eigenvalue weighted by Crippen LogP contribution is 2.19. The molecule has 0 atom stereocenters. The number of carbonyl (C=O) groups is 1. The largest absolute Gasteiger partial charge is 0.419 e. The van der Waals surface area contributed by atoms with E-state index in [0.29, 0.717) is 5.89 Å². The van der Waals surface area contributed by atoms with E-state index in [1.54, 1.807) is 13.1 Å². The van der Waals surface area contributed by atoms with Crippen molar-refractivity contribution >= 4 is 5.91 Å². The zero-order chi connectivity index (χ0) is 17.1. The molecule has 3 aromatic rings. The predicted molar refractivity (Wildman–Crippen MR) is 86.7 cm³/mol. The minimum Gasteiger partial charge on any atom is -0.419 e. The van der Waals surface area contributed by atoms with Gasteiger partial charge in [-0.2, -0.15) is 0 Å². The Hall–Kier alpha value is -3.02. The molecule has 0 radical (unpaired) electrons. The fourth-order valence-corrected chi connectivity index (χ4v) is 2.25. The molecule has 0 aliphatic heterocycles. The van der Waals surface area contributed by atoms with Crippen molar-refractivity contribution in [3.63, 3.8) is 0 Å². The van der Waals surface area contributed by atoms with Gasteiger partial charge in [0.15, 0.2) is 0 Å². The van der Waals surface area contributed by atoms with Gasteiger partial charge in [0.2, 0.25) is 11.8 Å². The molecule has 24 heavy (non-hydrogen) atoms. The van der Waals surface area contributed by atoms with Crippen LogP contribution in [0.1, 0.15) is 21.8 Å². The van der Waals surface area contributed by atoms with Gasteiger partial charge in [0, 0.05) is 12.6 Å². The first-order chi connectivity index (χ1) is 11.5. The van der Waals surface area contributed by atoms with Crippen LogP contribution in [0.25, 0.3) is 11.5 Å². The highest BCUT2D eigenvalue weighted by atomic mass is 19.1. The van der Waals surface area contributed by atoms with Crippen LogP contribution in [0.2, 0.25) is 0 Å². The van der Waals surface area contributed by atoms with Crippen LogP contribution in [-0.2, 0) is 6.54 Å². The maximum Gasteiger partial charge on any atom is 0.257 e. The summed E-state index contributed by atoms with van der Waals surface area (Å²) in [6.07, 6.45) is 0. The maximum absolute atomic E-state index is 13.7. The summed E-state index contributed by atoms with van der Waals surface area (Å²) >= 11 is 0. The Balaban J connectivity index is 1.73. The summed E-state index contributed by atoms with van der Waals surface area (Å²) in [5.41, 5.74) is 1.95. The number of halogens is 1. The van der Waals surface area contributed by atoms with E-state index in [1.807, 2.05) is 31.2 Å². The summed E-state index contributed by atoms with van der Waals surface area (Å²) < 4.78 is 19.3. The van der Waals surface area contributed by atoms with E-state index in [-0.39, 0.29) is 18.0 Å². The quantitative estimate of drug-likeness (QED) is 0.737. The molecule has 3 rings (SSSR count). The molecule has 0 aliphatic carbocycles. The highest BCUT2D eigenvalue weighted by molar-refractivity contribution is 5.94. The smallest absolute Gasteiger partial charge is 0.257 e. The molecule has 0 N–H and O–H groups in total. The van der Waals surface area contributed by atoms with E-state index in [9.17, 15) is 9.18 Å². The summed E-state index contributed by atoms with van der Waals surface area (Å²) in [7, 11) is 1.56. The molecule has 0 unspecified atom stereocenters. The lowest BCUT2D eigenvalue weighted by Crippen LogP contribution is -2.27. The summed E-state index contributed by atoms with van der Waals surface area (Å²) in [4.78, 5) is 13.6. The van der Waals surface area contributed by atoms with Crippen LogP contribution < -0.4 is 0 Å². The Morgan fingerprint density at radius 2 is 1.83 bits per heavy atom. The molecule has 1 amide bonds. The van der Waals surface area contributed by atoms with Crippen LogP contribution in [0.4, 0.5) is 4.39 Å². The Morgan fingerprint density at radius 1 is 1.12 bits per heavy atom. The third kappa shape index (κ3) is 3.32. The van der Waals surface area contributed by atoms with E-state index in [1.165, 1.54) is 23.1 Å². The van der Waals surface area contributed by atoms with E-state index in [4.69, 9.17) is 4.42 Å². The Bertz CT molecular complexity index is 859. The van der Waals surface area contributed by atoms with E-state index < -0.39 is 11.7 Å². The average molecular weight is 325 g/mol. The van der Waals surface area contributed by atoms with Crippen molar-refractivity contribution in [3.05, 3.63) is 71.4 Å². The van der Waals surface area contributed by atoms with Gasteiger partial charge >= 0.3 is 0 Å². The number of nitrogens with zero attached hydrogens (tertiary/aromatic N) is 3. The van der Waals surface area contributed by atoms with E-state index >= 15 is 0 Å². The summed E-state index contributed by atoms with van der Waals surface area (Å²) in [5, 5.41) is 7.94. The summed E-state index contributed by atoms with van der Waals surface area (Å²) in [6.45, 7) is 2.10. The number of carbonyl (C=O) groups excluding carboxylic acids is 1. The van der Waals surface area contributed by atoms with Crippen molar-refractivity contribution in [3.8, 4) is 11.5 Å². The first-order valence-corrected chi connectivity index (χ1v) is 7.44. The Morgan fingerprint density at radius 3 is 2.54 bits per heavy atom. The number of hydrogen-bond acceptors (Lipinski definition) is 4. The van der Waals surface area contributed by atoms with E-state index in [0.717, 1.165) is 11.1 Å². The lowest BCUT2D eigenvalue weighted by molar-refractivity contribution is 0.0768. The summed E-state index contributed by atoms with van der Waals surface area (Å²) in [6, 6.07) is 13.5. The topological polar surface area (TPSA) is 59.2 Å². The predicted octanol–water partition coefficient (Wildman–Crippen LogP) is 3.46. The number of amides is 1. The molecule has 0 saturated carbocycles. The summed E-state index contributed by atoms with van der Waals surface area (Å²) in [5.74, 6) is -0.321. The van der Waals surface area contributed by atoms with Gasteiger partial charge in [-0.25, -0.2) is 4.39 Å². The van der Waals surface area contributed by atoms with Crippen LogP contribution in [0.3, 0.4) is 0 Å². The van der Waals surface area contributed by atoms with Crippen LogP contribution in [-0.4, -0.2) is 28.1 Å².